The Morgan fingerprint density at radius 1 is 1.65 bits per heavy atom. The van der Waals surface area contributed by atoms with Gasteiger partial charge in [0.2, 0.25) is 5.91 Å². The minimum Gasteiger partial charge on any atom is -0.469 e. The van der Waals surface area contributed by atoms with Gasteiger partial charge in [0.25, 0.3) is 0 Å². The van der Waals surface area contributed by atoms with Crippen molar-refractivity contribution in [2.24, 2.45) is 5.92 Å². The Bertz CT molecular complexity index is 442. The lowest BCUT2D eigenvalue weighted by Gasteiger charge is -2.24. The van der Waals surface area contributed by atoms with Crippen LogP contribution in [0, 0.1) is 12.0 Å². The third-order valence-corrected chi connectivity index (χ3v) is 2.97. The predicted octanol–water partition coefficient (Wildman–Crippen LogP) is 1.55. The Morgan fingerprint density at radius 2 is 2.47 bits per heavy atom. The number of carbonyl (C=O) groups excluding carboxylic acids is 2. The number of nitrogens with one attached hydrogen (secondary N) is 1. The van der Waals surface area contributed by atoms with E-state index in [1.807, 2.05) is 12.1 Å². The van der Waals surface area contributed by atoms with E-state index in [0.717, 1.165) is 11.3 Å². The fourth-order valence-electron chi connectivity index (χ4n) is 1.98. The summed E-state index contributed by atoms with van der Waals surface area (Å²) in [5.74, 6) is -0.449. The molecule has 4 heteroatoms. The number of ether oxygens (including phenoxy) is 1. The van der Waals surface area contributed by atoms with Crippen LogP contribution in [-0.4, -0.2) is 19.0 Å². The monoisotopic (exact) mass is 232 g/mol. The number of hydrogen-bond donors (Lipinski definition) is 1. The molecule has 1 atom stereocenters. The second-order valence-electron chi connectivity index (χ2n) is 4.09. The molecule has 0 saturated heterocycles. The van der Waals surface area contributed by atoms with E-state index in [4.69, 9.17) is 0 Å². The van der Waals surface area contributed by atoms with Gasteiger partial charge in [0, 0.05) is 18.0 Å². The summed E-state index contributed by atoms with van der Waals surface area (Å²) in [6.45, 7) is 0. The van der Waals surface area contributed by atoms with Gasteiger partial charge in [0.05, 0.1) is 7.11 Å². The van der Waals surface area contributed by atoms with Crippen LogP contribution < -0.4 is 5.32 Å². The summed E-state index contributed by atoms with van der Waals surface area (Å²) in [4.78, 5) is 22.8. The third-order valence-electron chi connectivity index (χ3n) is 2.97. The van der Waals surface area contributed by atoms with Crippen molar-refractivity contribution in [3.63, 3.8) is 0 Å². The molecule has 1 heterocycles. The van der Waals surface area contributed by atoms with Crippen molar-refractivity contribution >= 4 is 17.6 Å². The van der Waals surface area contributed by atoms with E-state index in [0.29, 0.717) is 12.8 Å². The number of rotatable bonds is 3. The third kappa shape index (κ3) is 2.64. The summed E-state index contributed by atoms with van der Waals surface area (Å²) < 4.78 is 4.57. The van der Waals surface area contributed by atoms with Crippen molar-refractivity contribution in [2.45, 2.75) is 19.3 Å². The van der Waals surface area contributed by atoms with Gasteiger partial charge in [-0.2, -0.15) is 0 Å². The summed E-state index contributed by atoms with van der Waals surface area (Å²) in [6, 6.07) is 8.47. The molecule has 1 aromatic carbocycles. The lowest BCUT2D eigenvalue weighted by atomic mass is 9.90. The lowest BCUT2D eigenvalue weighted by molar-refractivity contribution is -0.141. The topological polar surface area (TPSA) is 55.4 Å². The van der Waals surface area contributed by atoms with Crippen LogP contribution >= 0.6 is 0 Å². The molecule has 1 N–H and O–H groups in total. The molecule has 1 aromatic rings. The normalized spacial score (nSPS) is 18.2. The first kappa shape index (κ1) is 11.6. The van der Waals surface area contributed by atoms with Crippen molar-refractivity contribution < 1.29 is 14.3 Å². The average Bonchev–Trinajstić information content (AvgIpc) is 2.35. The average molecular weight is 232 g/mol. The summed E-state index contributed by atoms with van der Waals surface area (Å²) in [6.07, 6.45) is 1.48. The SMILES string of the molecule is COC(=O)CCC1Cc2cc[c]cc2NC1=O. The van der Waals surface area contributed by atoms with Crippen molar-refractivity contribution in [1.29, 1.82) is 0 Å². The Morgan fingerprint density at radius 3 is 3.24 bits per heavy atom. The number of hydrogen-bond acceptors (Lipinski definition) is 3. The van der Waals surface area contributed by atoms with Crippen molar-refractivity contribution in [2.75, 3.05) is 12.4 Å². The van der Waals surface area contributed by atoms with E-state index in [2.05, 4.69) is 16.1 Å². The number of fused-ring (bicyclic) bond motifs is 1. The molecule has 0 fully saturated rings. The molecular formula is C13H14NO3. The summed E-state index contributed by atoms with van der Waals surface area (Å²) in [5, 5.41) is 2.83. The van der Waals surface area contributed by atoms with E-state index >= 15 is 0 Å². The molecule has 0 bridgehead atoms. The fourth-order valence-corrected chi connectivity index (χ4v) is 1.98. The van der Waals surface area contributed by atoms with Gasteiger partial charge in [-0.1, -0.05) is 12.1 Å². The molecule has 1 aliphatic heterocycles. The highest BCUT2D eigenvalue weighted by Gasteiger charge is 2.26. The van der Waals surface area contributed by atoms with Gasteiger partial charge in [-0.25, -0.2) is 0 Å². The first-order valence-corrected chi connectivity index (χ1v) is 5.57. The summed E-state index contributed by atoms with van der Waals surface area (Å²) >= 11 is 0. The number of esters is 1. The molecule has 0 aliphatic carbocycles. The smallest absolute Gasteiger partial charge is 0.305 e. The standard InChI is InChI=1S/C13H14NO3/c1-17-12(15)7-6-10-8-9-4-2-3-5-11(9)14-13(10)16/h2,4-5,10H,6-8H2,1H3,(H,14,16). The molecule has 2 rings (SSSR count). The van der Waals surface area contributed by atoms with Crippen molar-refractivity contribution in [3.05, 3.63) is 29.8 Å². The first-order valence-electron chi connectivity index (χ1n) is 5.57. The highest BCUT2D eigenvalue weighted by Crippen LogP contribution is 2.27. The van der Waals surface area contributed by atoms with Crippen LogP contribution in [0.2, 0.25) is 0 Å². The number of benzene rings is 1. The zero-order chi connectivity index (χ0) is 12.3. The molecule has 0 spiro atoms. The van der Waals surface area contributed by atoms with Crippen LogP contribution in [0.4, 0.5) is 5.69 Å². The van der Waals surface area contributed by atoms with Crippen molar-refractivity contribution in [1.82, 2.24) is 0 Å². The Hall–Kier alpha value is -1.84. The molecule has 17 heavy (non-hydrogen) atoms. The number of methoxy groups -OCH3 is 1. The lowest BCUT2D eigenvalue weighted by Crippen LogP contribution is -2.30. The summed E-state index contributed by atoms with van der Waals surface area (Å²) in [7, 11) is 1.36. The van der Waals surface area contributed by atoms with E-state index in [1.54, 1.807) is 6.07 Å². The molecule has 1 aliphatic rings. The van der Waals surface area contributed by atoms with Crippen LogP contribution in [0.25, 0.3) is 0 Å². The number of anilines is 1. The van der Waals surface area contributed by atoms with Crippen LogP contribution in [0.5, 0.6) is 0 Å². The van der Waals surface area contributed by atoms with Crippen LogP contribution in [0.1, 0.15) is 18.4 Å². The zero-order valence-electron chi connectivity index (χ0n) is 9.66. The van der Waals surface area contributed by atoms with Crippen molar-refractivity contribution in [3.8, 4) is 0 Å². The van der Waals surface area contributed by atoms with E-state index < -0.39 is 0 Å². The molecular weight excluding hydrogens is 218 g/mol. The van der Waals surface area contributed by atoms with Gasteiger partial charge in [0.15, 0.2) is 0 Å². The van der Waals surface area contributed by atoms with E-state index in [1.165, 1.54) is 7.11 Å². The quantitative estimate of drug-likeness (QED) is 0.804. The second-order valence-corrected chi connectivity index (χ2v) is 4.09. The van der Waals surface area contributed by atoms with Gasteiger partial charge in [-0.05, 0) is 30.5 Å². The van der Waals surface area contributed by atoms with Gasteiger partial charge in [0.1, 0.15) is 0 Å². The molecule has 1 radical (unpaired) electrons. The zero-order valence-corrected chi connectivity index (χ0v) is 9.66. The number of amides is 1. The minimum atomic E-state index is -0.273. The van der Waals surface area contributed by atoms with Gasteiger partial charge < -0.3 is 10.1 Å². The molecule has 1 unspecified atom stereocenters. The van der Waals surface area contributed by atoms with Crippen LogP contribution in [0.15, 0.2) is 18.2 Å². The Balaban J connectivity index is 2.02. The van der Waals surface area contributed by atoms with Crippen LogP contribution in [0.3, 0.4) is 0 Å². The largest absolute Gasteiger partial charge is 0.469 e. The predicted molar refractivity (Wildman–Crippen MR) is 62.4 cm³/mol. The molecule has 0 saturated carbocycles. The Kier molecular flexibility index (Phi) is 3.42. The molecule has 0 aromatic heterocycles. The minimum absolute atomic E-state index is 0.0268. The maximum absolute atomic E-state index is 11.8. The molecule has 89 valence electrons. The Labute approximate surface area is 100.0 Å². The van der Waals surface area contributed by atoms with Gasteiger partial charge in [-0.3, -0.25) is 9.59 Å². The maximum Gasteiger partial charge on any atom is 0.305 e. The fraction of sp³-hybridized carbons (Fsp3) is 0.385. The van der Waals surface area contributed by atoms with Crippen LogP contribution in [-0.2, 0) is 20.7 Å². The number of carbonyl (C=O) groups is 2. The highest BCUT2D eigenvalue weighted by molar-refractivity contribution is 5.95. The highest BCUT2D eigenvalue weighted by atomic mass is 16.5. The molecule has 4 nitrogen and oxygen atoms in total. The first-order chi connectivity index (χ1) is 8.20. The van der Waals surface area contributed by atoms with E-state index in [9.17, 15) is 9.59 Å². The van der Waals surface area contributed by atoms with E-state index in [-0.39, 0.29) is 24.2 Å². The maximum atomic E-state index is 11.8. The second kappa shape index (κ2) is 4.99. The molecule has 1 amide bonds. The van der Waals surface area contributed by atoms with Gasteiger partial charge in [-0.15, -0.1) is 0 Å². The van der Waals surface area contributed by atoms with Gasteiger partial charge >= 0.3 is 5.97 Å². The summed E-state index contributed by atoms with van der Waals surface area (Å²) in [5.41, 5.74) is 1.92.